The van der Waals surface area contributed by atoms with Crippen LogP contribution in [0, 0.1) is 6.92 Å². The lowest BCUT2D eigenvalue weighted by molar-refractivity contribution is 0.0699. The third kappa shape index (κ3) is 3.29. The molecule has 0 saturated heterocycles. The van der Waals surface area contributed by atoms with Crippen LogP contribution in [0.4, 0.5) is 0 Å². The molecular formula is C21H13Cl2NO3. The number of fused-ring (bicyclic) bond motifs is 1. The van der Waals surface area contributed by atoms with Gasteiger partial charge in [-0.25, -0.2) is 9.78 Å². The molecule has 134 valence electrons. The second-order valence-corrected chi connectivity index (χ2v) is 7.01. The van der Waals surface area contributed by atoms with Gasteiger partial charge in [-0.2, -0.15) is 0 Å². The highest BCUT2D eigenvalue weighted by Gasteiger charge is 2.16. The topological polar surface area (TPSA) is 63.3 Å². The smallest absolute Gasteiger partial charge is 0.336 e. The van der Waals surface area contributed by atoms with Crippen molar-refractivity contribution >= 4 is 40.1 Å². The van der Waals surface area contributed by atoms with Crippen molar-refractivity contribution in [3.8, 4) is 22.8 Å². The fraction of sp³-hybridized carbons (Fsp3) is 0.0476. The monoisotopic (exact) mass is 397 g/mol. The Kier molecular flexibility index (Phi) is 4.38. The molecule has 4 aromatic rings. The minimum atomic E-state index is -1.01. The van der Waals surface area contributed by atoms with Gasteiger partial charge in [-0.3, -0.25) is 0 Å². The number of benzene rings is 2. The van der Waals surface area contributed by atoms with Gasteiger partial charge in [0, 0.05) is 16.0 Å². The van der Waals surface area contributed by atoms with E-state index in [4.69, 9.17) is 27.6 Å². The van der Waals surface area contributed by atoms with Gasteiger partial charge < -0.3 is 9.52 Å². The molecule has 0 aliphatic heterocycles. The summed E-state index contributed by atoms with van der Waals surface area (Å²) in [6, 6.07) is 15.6. The van der Waals surface area contributed by atoms with Crippen LogP contribution in [0.15, 0.2) is 59.0 Å². The number of hydrogen-bond acceptors (Lipinski definition) is 3. The van der Waals surface area contributed by atoms with Gasteiger partial charge in [-0.15, -0.1) is 0 Å². The van der Waals surface area contributed by atoms with Crippen molar-refractivity contribution in [2.45, 2.75) is 6.92 Å². The van der Waals surface area contributed by atoms with Crippen molar-refractivity contribution in [3.63, 3.8) is 0 Å². The molecule has 0 bridgehead atoms. The molecular weight excluding hydrogens is 385 g/mol. The molecule has 4 nitrogen and oxygen atoms in total. The Morgan fingerprint density at radius 1 is 1.00 bits per heavy atom. The predicted octanol–water partition coefficient (Wildman–Crippen LogP) is 6.48. The summed E-state index contributed by atoms with van der Waals surface area (Å²) in [6.45, 7) is 1.91. The number of nitrogens with zero attached hydrogens (tertiary/aromatic N) is 1. The minimum Gasteiger partial charge on any atom is -0.478 e. The van der Waals surface area contributed by atoms with Crippen LogP contribution in [-0.2, 0) is 0 Å². The summed E-state index contributed by atoms with van der Waals surface area (Å²) in [4.78, 5) is 16.3. The van der Waals surface area contributed by atoms with Crippen LogP contribution in [0.3, 0.4) is 0 Å². The number of hydrogen-bond donors (Lipinski definition) is 1. The van der Waals surface area contributed by atoms with E-state index in [1.807, 2.05) is 19.1 Å². The Balaban J connectivity index is 1.86. The van der Waals surface area contributed by atoms with Gasteiger partial charge in [-0.05, 0) is 55.5 Å². The third-order valence-electron chi connectivity index (χ3n) is 4.25. The van der Waals surface area contributed by atoms with Crippen molar-refractivity contribution in [2.75, 3.05) is 0 Å². The summed E-state index contributed by atoms with van der Waals surface area (Å²) in [6.07, 6.45) is 0. The number of carboxylic acid groups (broad SMARTS) is 1. The number of halogens is 2. The largest absolute Gasteiger partial charge is 0.478 e. The molecule has 1 N–H and O–H groups in total. The van der Waals surface area contributed by atoms with Crippen LogP contribution in [0.2, 0.25) is 10.0 Å². The first kappa shape index (κ1) is 17.6. The molecule has 0 unspecified atom stereocenters. The highest BCUT2D eigenvalue weighted by Crippen LogP contribution is 2.35. The normalized spacial score (nSPS) is 11.1. The van der Waals surface area contributed by atoms with Crippen molar-refractivity contribution in [3.05, 3.63) is 75.8 Å². The lowest BCUT2D eigenvalue weighted by Crippen LogP contribution is -2.00. The van der Waals surface area contributed by atoms with Crippen molar-refractivity contribution in [1.82, 2.24) is 4.98 Å². The highest BCUT2D eigenvalue weighted by molar-refractivity contribution is 6.35. The molecule has 0 atom stereocenters. The zero-order valence-corrected chi connectivity index (χ0v) is 15.7. The van der Waals surface area contributed by atoms with Crippen LogP contribution in [0.25, 0.3) is 33.7 Å². The molecule has 0 amide bonds. The molecule has 0 aliphatic rings. The number of aromatic nitrogens is 1. The van der Waals surface area contributed by atoms with Crippen LogP contribution < -0.4 is 0 Å². The minimum absolute atomic E-state index is 0.178. The number of furan rings is 1. The van der Waals surface area contributed by atoms with E-state index in [1.54, 1.807) is 36.4 Å². The summed E-state index contributed by atoms with van der Waals surface area (Å²) >= 11 is 12.3. The lowest BCUT2D eigenvalue weighted by atomic mass is 10.0. The first-order chi connectivity index (χ1) is 12.9. The Bertz CT molecular complexity index is 1200. The summed E-state index contributed by atoms with van der Waals surface area (Å²) in [7, 11) is 0. The van der Waals surface area contributed by atoms with Gasteiger partial charge in [-0.1, -0.05) is 34.8 Å². The molecule has 0 fully saturated rings. The average Bonchev–Trinajstić information content (AvgIpc) is 3.12. The second kappa shape index (κ2) is 6.72. The van der Waals surface area contributed by atoms with Crippen molar-refractivity contribution in [1.29, 1.82) is 0 Å². The zero-order chi connectivity index (χ0) is 19.1. The van der Waals surface area contributed by atoms with E-state index < -0.39 is 5.97 Å². The quantitative estimate of drug-likeness (QED) is 0.429. The third-order valence-corrected chi connectivity index (χ3v) is 4.81. The van der Waals surface area contributed by atoms with E-state index >= 15 is 0 Å². The average molecular weight is 398 g/mol. The summed E-state index contributed by atoms with van der Waals surface area (Å²) in [5, 5.41) is 11.2. The van der Waals surface area contributed by atoms with Crippen LogP contribution in [0.5, 0.6) is 0 Å². The fourth-order valence-corrected chi connectivity index (χ4v) is 3.33. The molecule has 4 rings (SSSR count). The van der Waals surface area contributed by atoms with Gasteiger partial charge >= 0.3 is 5.97 Å². The summed E-state index contributed by atoms with van der Waals surface area (Å²) < 4.78 is 5.90. The first-order valence-electron chi connectivity index (χ1n) is 8.13. The number of aryl methyl sites for hydroxylation is 1. The molecule has 6 heteroatoms. The van der Waals surface area contributed by atoms with Crippen LogP contribution in [0.1, 0.15) is 15.9 Å². The molecule has 2 heterocycles. The zero-order valence-electron chi connectivity index (χ0n) is 14.2. The lowest BCUT2D eigenvalue weighted by Gasteiger charge is -2.06. The highest BCUT2D eigenvalue weighted by atomic mass is 35.5. The Morgan fingerprint density at radius 2 is 1.78 bits per heavy atom. The number of carbonyl (C=O) groups is 1. The van der Waals surface area contributed by atoms with Crippen LogP contribution >= 0.6 is 23.2 Å². The molecule has 0 aliphatic carbocycles. The summed E-state index contributed by atoms with van der Waals surface area (Å²) in [5.41, 5.74) is 2.83. The first-order valence-corrected chi connectivity index (χ1v) is 8.88. The summed E-state index contributed by atoms with van der Waals surface area (Å²) in [5.74, 6) is -0.0369. The van der Waals surface area contributed by atoms with Crippen molar-refractivity contribution in [2.24, 2.45) is 0 Å². The molecule has 2 aromatic carbocycles. The molecule has 27 heavy (non-hydrogen) atoms. The van der Waals surface area contributed by atoms with Gasteiger partial charge in [0.05, 0.1) is 16.1 Å². The van der Waals surface area contributed by atoms with E-state index in [0.29, 0.717) is 43.7 Å². The van der Waals surface area contributed by atoms with Gasteiger partial charge in [0.1, 0.15) is 11.5 Å². The van der Waals surface area contributed by atoms with Crippen molar-refractivity contribution < 1.29 is 14.3 Å². The van der Waals surface area contributed by atoms with E-state index in [2.05, 4.69) is 4.98 Å². The number of pyridine rings is 1. The molecule has 2 aromatic heterocycles. The van der Waals surface area contributed by atoms with E-state index in [1.165, 1.54) is 6.07 Å². The number of aromatic carboxylic acids is 1. The second-order valence-electron chi connectivity index (χ2n) is 6.17. The standard InChI is InChI=1S/C21H13Cl2NO3/c1-11-2-5-17-13(8-11)14(21(25)26)10-18(24-17)20-7-6-19(27-20)15-9-12(22)3-4-16(15)23/h2-10H,1H3,(H,25,26). The SMILES string of the molecule is Cc1ccc2nc(-c3ccc(-c4cc(Cl)ccc4Cl)o3)cc(C(=O)O)c2c1. The molecule has 0 spiro atoms. The fourth-order valence-electron chi connectivity index (χ4n) is 2.95. The molecule has 0 saturated carbocycles. The number of rotatable bonds is 3. The maximum atomic E-state index is 11.7. The Morgan fingerprint density at radius 3 is 2.56 bits per heavy atom. The van der Waals surface area contributed by atoms with Crippen LogP contribution in [-0.4, -0.2) is 16.1 Å². The van der Waals surface area contributed by atoms with E-state index in [9.17, 15) is 9.90 Å². The maximum absolute atomic E-state index is 11.7. The number of carboxylic acids is 1. The van der Waals surface area contributed by atoms with E-state index in [0.717, 1.165) is 5.56 Å². The Labute approximate surface area is 165 Å². The van der Waals surface area contributed by atoms with Gasteiger partial charge in [0.25, 0.3) is 0 Å². The Hall–Kier alpha value is -2.82. The molecule has 0 radical (unpaired) electrons. The van der Waals surface area contributed by atoms with Gasteiger partial charge in [0.2, 0.25) is 0 Å². The van der Waals surface area contributed by atoms with E-state index in [-0.39, 0.29) is 5.56 Å². The maximum Gasteiger partial charge on any atom is 0.336 e. The predicted molar refractivity (Wildman–Crippen MR) is 107 cm³/mol. The van der Waals surface area contributed by atoms with Gasteiger partial charge in [0.15, 0.2) is 5.76 Å².